The summed E-state index contributed by atoms with van der Waals surface area (Å²) in [6, 6.07) is 20.8. The maximum atomic E-state index is 12.4. The van der Waals surface area contributed by atoms with Crippen molar-refractivity contribution in [2.75, 3.05) is 23.4 Å². The SMILES string of the molecule is CN(Cc1cnc2nc(N)nc(N)c2n1)c1ccc(C(=O)N[C@@H](CCC(=O)O)C(=O)O)cc1.O=C(O)c1ccccc1-c1c2ccc(=O)cc-2oc2cc(O)ccc12. The van der Waals surface area contributed by atoms with Crippen LogP contribution >= 0.6 is 0 Å². The van der Waals surface area contributed by atoms with E-state index in [0.29, 0.717) is 56.8 Å². The average Bonchev–Trinajstić information content (AvgIpc) is 3.18. The Labute approximate surface area is 327 Å². The van der Waals surface area contributed by atoms with E-state index < -0.39 is 29.9 Å². The molecule has 9 N–H and O–H groups in total. The summed E-state index contributed by atoms with van der Waals surface area (Å²) in [4.78, 5) is 76.1. The van der Waals surface area contributed by atoms with Crippen LogP contribution in [0.2, 0.25) is 0 Å². The van der Waals surface area contributed by atoms with Crippen molar-refractivity contribution >= 4 is 63.4 Å². The highest BCUT2D eigenvalue weighted by molar-refractivity contribution is 6.07. The summed E-state index contributed by atoms with van der Waals surface area (Å²) < 4.78 is 5.76. The van der Waals surface area contributed by atoms with Crippen molar-refractivity contribution < 1.29 is 44.0 Å². The van der Waals surface area contributed by atoms with Gasteiger partial charge in [-0.15, -0.1) is 0 Å². The first-order valence-corrected chi connectivity index (χ1v) is 17.3. The molecular weight excluding hydrogens is 752 g/mol. The zero-order valence-corrected chi connectivity index (χ0v) is 30.5. The third kappa shape index (κ3) is 8.86. The largest absolute Gasteiger partial charge is 0.508 e. The number of nitrogens with two attached hydrogens (primary N) is 2. The van der Waals surface area contributed by atoms with E-state index in [1.807, 2.05) is 11.9 Å². The molecule has 1 atom stereocenters. The van der Waals surface area contributed by atoms with Crippen molar-refractivity contribution in [3.05, 3.63) is 118 Å². The average molecular weight is 787 g/mol. The Hall–Kier alpha value is -8.15. The number of nitrogens with one attached hydrogen (secondary N) is 1. The van der Waals surface area contributed by atoms with Crippen molar-refractivity contribution in [2.24, 2.45) is 0 Å². The molecule has 0 saturated heterocycles. The van der Waals surface area contributed by atoms with E-state index >= 15 is 0 Å². The molecule has 1 amide bonds. The molecule has 1 aliphatic carbocycles. The molecule has 18 heteroatoms. The van der Waals surface area contributed by atoms with Gasteiger partial charge in [0.25, 0.3) is 5.91 Å². The Kier molecular flexibility index (Phi) is 11.4. The fourth-order valence-corrected chi connectivity index (χ4v) is 6.06. The molecule has 18 nitrogen and oxygen atoms in total. The lowest BCUT2D eigenvalue weighted by Crippen LogP contribution is -2.41. The fourth-order valence-electron chi connectivity index (χ4n) is 6.06. The second-order valence-electron chi connectivity index (χ2n) is 12.9. The number of carbonyl (C=O) groups excluding carboxylic acids is 1. The number of phenols is 1. The topological polar surface area (TPSA) is 298 Å². The van der Waals surface area contributed by atoms with E-state index in [-0.39, 0.29) is 46.9 Å². The monoisotopic (exact) mass is 786 g/mol. The maximum Gasteiger partial charge on any atom is 0.336 e. The molecule has 2 aliphatic rings. The standard InChI is InChI=1S/C20H22N8O5.C20H12O5/c1-28(9-11-8-23-17-15(24-11)16(21)26-20(22)27-17)12-4-2-10(3-5-12)18(31)25-13(19(32)33)6-7-14(29)30;21-11-5-7-15-17(9-11)25-18-10-12(22)6-8-16(18)19(15)13-3-1-2-4-14(13)20(23)24/h2-5,8,13H,6-7,9H2,1H3,(H,25,31)(H,29,30)(H,32,33)(H4,21,22,23,26,27);1-10,21H,(H,23,24)/t13-;/m0./s1. The lowest BCUT2D eigenvalue weighted by molar-refractivity contribution is -0.140. The van der Waals surface area contributed by atoms with Gasteiger partial charge in [0.2, 0.25) is 5.95 Å². The van der Waals surface area contributed by atoms with Crippen molar-refractivity contribution in [1.29, 1.82) is 0 Å². The van der Waals surface area contributed by atoms with Crippen LogP contribution in [-0.2, 0) is 16.1 Å². The third-order valence-corrected chi connectivity index (χ3v) is 8.82. The second kappa shape index (κ2) is 16.7. The Morgan fingerprint density at radius 1 is 0.879 bits per heavy atom. The van der Waals surface area contributed by atoms with Crippen LogP contribution in [-0.4, -0.2) is 77.3 Å². The second-order valence-corrected chi connectivity index (χ2v) is 12.9. The van der Waals surface area contributed by atoms with E-state index in [4.69, 9.17) is 21.0 Å². The number of aliphatic carboxylic acids is 2. The minimum Gasteiger partial charge on any atom is -0.508 e. The number of rotatable bonds is 11. The third-order valence-electron chi connectivity index (χ3n) is 8.82. The normalized spacial score (nSPS) is 11.4. The number of benzene rings is 4. The number of aromatic hydroxyl groups is 1. The van der Waals surface area contributed by atoms with E-state index in [0.717, 1.165) is 5.69 Å². The highest BCUT2D eigenvalue weighted by atomic mass is 16.4. The van der Waals surface area contributed by atoms with Gasteiger partial charge in [-0.05, 0) is 66.6 Å². The van der Waals surface area contributed by atoms with Crippen LogP contribution in [0.5, 0.6) is 5.75 Å². The number of aromatic nitrogens is 4. The zero-order chi connectivity index (χ0) is 41.7. The highest BCUT2D eigenvalue weighted by Gasteiger charge is 2.23. The van der Waals surface area contributed by atoms with E-state index in [9.17, 15) is 39.3 Å². The first kappa shape index (κ1) is 39.5. The molecule has 1 aliphatic heterocycles. The van der Waals surface area contributed by atoms with Gasteiger partial charge in [0.15, 0.2) is 22.4 Å². The Bertz CT molecular complexity index is 2740. The van der Waals surface area contributed by atoms with Gasteiger partial charge in [-0.1, -0.05) is 18.2 Å². The van der Waals surface area contributed by atoms with E-state index in [1.54, 1.807) is 48.7 Å². The van der Waals surface area contributed by atoms with Crippen LogP contribution in [0.3, 0.4) is 0 Å². The van der Waals surface area contributed by atoms with Crippen molar-refractivity contribution in [1.82, 2.24) is 25.3 Å². The van der Waals surface area contributed by atoms with Gasteiger partial charge in [-0.3, -0.25) is 14.4 Å². The van der Waals surface area contributed by atoms with Gasteiger partial charge in [-0.25, -0.2) is 19.6 Å². The lowest BCUT2D eigenvalue weighted by atomic mass is 9.91. The molecule has 294 valence electrons. The van der Waals surface area contributed by atoms with Gasteiger partial charge >= 0.3 is 17.9 Å². The molecule has 0 fully saturated rings. The molecule has 58 heavy (non-hydrogen) atoms. The number of carboxylic acid groups (broad SMARTS) is 3. The fraction of sp³-hybridized carbons (Fsp3) is 0.125. The van der Waals surface area contributed by atoms with E-state index in [2.05, 4.69) is 25.3 Å². The molecular formula is C40H34N8O10. The van der Waals surface area contributed by atoms with Gasteiger partial charge in [-0.2, -0.15) is 9.97 Å². The molecule has 0 radical (unpaired) electrons. The van der Waals surface area contributed by atoms with Gasteiger partial charge in [0.1, 0.15) is 23.1 Å². The number of hydrogen-bond acceptors (Lipinski definition) is 14. The number of aromatic carboxylic acids is 1. The number of hydrogen-bond donors (Lipinski definition) is 7. The molecule has 0 bridgehead atoms. The number of carboxylic acids is 3. The van der Waals surface area contributed by atoms with Gasteiger partial charge in [0.05, 0.1) is 24.0 Å². The summed E-state index contributed by atoms with van der Waals surface area (Å²) >= 11 is 0. The molecule has 0 spiro atoms. The summed E-state index contributed by atoms with van der Waals surface area (Å²) in [6.07, 6.45) is 0.964. The molecule has 2 aromatic heterocycles. The summed E-state index contributed by atoms with van der Waals surface area (Å²) in [5.74, 6) is -3.60. The van der Waals surface area contributed by atoms with Crippen molar-refractivity contribution in [3.8, 4) is 28.2 Å². The highest BCUT2D eigenvalue weighted by Crippen LogP contribution is 2.41. The summed E-state index contributed by atoms with van der Waals surface area (Å²) in [5.41, 5.74) is 15.8. The van der Waals surface area contributed by atoms with Crippen LogP contribution in [0.25, 0.3) is 44.6 Å². The first-order chi connectivity index (χ1) is 27.7. The van der Waals surface area contributed by atoms with Crippen LogP contribution in [0.15, 0.2) is 100 Å². The quantitative estimate of drug-likeness (QED) is 0.0902. The zero-order valence-electron chi connectivity index (χ0n) is 30.5. The maximum absolute atomic E-state index is 12.4. The van der Waals surface area contributed by atoms with Crippen LogP contribution in [0, 0.1) is 0 Å². The number of nitrogen functional groups attached to an aromatic ring is 2. The number of nitrogens with zero attached hydrogens (tertiary/aromatic N) is 5. The minimum atomic E-state index is -1.30. The molecule has 5 aromatic rings. The van der Waals surface area contributed by atoms with Crippen LogP contribution in [0.4, 0.5) is 17.5 Å². The Morgan fingerprint density at radius 3 is 2.33 bits per heavy atom. The summed E-state index contributed by atoms with van der Waals surface area (Å²) in [7, 11) is 1.82. The summed E-state index contributed by atoms with van der Waals surface area (Å²) in [5, 5.41) is 40.2. The molecule has 0 saturated carbocycles. The smallest absolute Gasteiger partial charge is 0.336 e. The van der Waals surface area contributed by atoms with Crippen molar-refractivity contribution in [3.63, 3.8) is 0 Å². The van der Waals surface area contributed by atoms with Gasteiger partial charge in [0, 0.05) is 53.4 Å². The summed E-state index contributed by atoms with van der Waals surface area (Å²) in [6.45, 7) is 0.370. The lowest BCUT2D eigenvalue weighted by Gasteiger charge is -2.19. The number of amides is 1. The number of anilines is 3. The van der Waals surface area contributed by atoms with Gasteiger partial charge < -0.3 is 46.5 Å². The van der Waals surface area contributed by atoms with Crippen LogP contribution in [0.1, 0.15) is 39.3 Å². The molecule has 0 unspecified atom stereocenters. The Morgan fingerprint density at radius 2 is 1.62 bits per heavy atom. The first-order valence-electron chi connectivity index (χ1n) is 17.3. The molecule has 3 aromatic carbocycles. The molecule has 3 heterocycles. The number of carbonyl (C=O) groups is 4. The predicted molar refractivity (Wildman–Crippen MR) is 211 cm³/mol. The van der Waals surface area contributed by atoms with E-state index in [1.165, 1.54) is 42.5 Å². The number of phenolic OH excluding ortho intramolecular Hbond substituents is 1. The van der Waals surface area contributed by atoms with Crippen LogP contribution < -0.4 is 27.1 Å². The molecule has 7 rings (SSSR count). The minimum absolute atomic E-state index is 0.0138. The predicted octanol–water partition coefficient (Wildman–Crippen LogP) is 4.24. The number of fused-ring (bicyclic) bond motifs is 3. The van der Waals surface area contributed by atoms with Crippen molar-refractivity contribution in [2.45, 2.75) is 25.4 Å². The Balaban J connectivity index is 0.000000202.